The van der Waals surface area contributed by atoms with Gasteiger partial charge in [-0.3, -0.25) is 0 Å². The predicted octanol–water partition coefficient (Wildman–Crippen LogP) is 6.96. The number of anilines is 2. The summed E-state index contributed by atoms with van der Waals surface area (Å²) in [6.45, 7) is 0. The first-order valence-corrected chi connectivity index (χ1v) is 15.8. The first kappa shape index (κ1) is 23.1. The third-order valence-corrected chi connectivity index (χ3v) is 11.2. The molecule has 0 aliphatic carbocycles. The van der Waals surface area contributed by atoms with Gasteiger partial charge in [-0.15, -0.1) is 0 Å². The van der Waals surface area contributed by atoms with E-state index in [2.05, 4.69) is 10.2 Å². The molecule has 0 bridgehead atoms. The fraction of sp³-hybridized carbons (Fsp3) is 0. The first-order valence-electron chi connectivity index (χ1n) is 12.3. The monoisotopic (exact) mass is 538 g/mol. The van der Waals surface area contributed by atoms with E-state index in [0.29, 0.717) is 28.2 Å². The van der Waals surface area contributed by atoms with E-state index < -0.39 is 15.4 Å². The van der Waals surface area contributed by atoms with Crippen LogP contribution in [-0.2, 0) is 4.57 Å². The number of fused-ring (bicyclic) bond motifs is 6. The zero-order valence-corrected chi connectivity index (χ0v) is 22.1. The van der Waals surface area contributed by atoms with Crippen molar-refractivity contribution < 1.29 is 18.5 Å². The van der Waals surface area contributed by atoms with Crippen LogP contribution in [0.4, 0.5) is 11.4 Å². The Hall–Kier alpha value is -4.08. The molecule has 1 atom stereocenters. The van der Waals surface area contributed by atoms with Crippen LogP contribution < -0.4 is 29.8 Å². The molecular formula is C30H24N2O4P2. The second-order valence-corrected chi connectivity index (χ2v) is 13.5. The molecule has 2 heterocycles. The molecule has 38 heavy (non-hydrogen) atoms. The van der Waals surface area contributed by atoms with Gasteiger partial charge in [0.15, 0.2) is 0 Å². The SMILES string of the molecule is O=P1(Nc2ccc(N[PH]3(O)Oc4ccccc4-c4ccccc43)cc2)Oc2ccccc2-c2ccccc21. The zero-order chi connectivity index (χ0) is 25.7. The quantitative estimate of drug-likeness (QED) is 0.215. The van der Waals surface area contributed by atoms with Crippen molar-refractivity contribution in [1.29, 1.82) is 0 Å². The summed E-state index contributed by atoms with van der Waals surface area (Å²) in [5.74, 6) is 1.24. The summed E-state index contributed by atoms with van der Waals surface area (Å²) >= 11 is 0. The molecule has 5 aromatic carbocycles. The van der Waals surface area contributed by atoms with Gasteiger partial charge in [0.25, 0.3) is 0 Å². The van der Waals surface area contributed by atoms with Crippen LogP contribution in [0.25, 0.3) is 22.3 Å². The Labute approximate surface area is 221 Å². The van der Waals surface area contributed by atoms with Crippen molar-refractivity contribution in [2.45, 2.75) is 0 Å². The first-order chi connectivity index (χ1) is 18.5. The van der Waals surface area contributed by atoms with Gasteiger partial charge in [0, 0.05) is 0 Å². The van der Waals surface area contributed by atoms with Gasteiger partial charge in [0.05, 0.1) is 0 Å². The fourth-order valence-electron chi connectivity index (χ4n) is 5.09. The van der Waals surface area contributed by atoms with Crippen molar-refractivity contribution >= 4 is 37.4 Å². The van der Waals surface area contributed by atoms with E-state index in [9.17, 15) is 9.46 Å². The van der Waals surface area contributed by atoms with Crippen molar-refractivity contribution in [3.8, 4) is 33.8 Å². The standard InChI is InChI=1S/C30H24N2O4P2/c33-37(29-15-7-3-11-25(29)23-9-1-5-13-27(23)35-37)31-21-17-19-22(20-18-21)32-38(34)30-16-8-4-12-26(30)24-10-2-6-14-28(24)36-38/h1-20,31,33,37H,(H,32,34). The van der Waals surface area contributed by atoms with Gasteiger partial charge in [-0.1, -0.05) is 0 Å². The fourth-order valence-corrected chi connectivity index (χ4v) is 9.33. The van der Waals surface area contributed by atoms with E-state index in [4.69, 9.17) is 9.05 Å². The third kappa shape index (κ3) is 3.77. The Bertz CT molecular complexity index is 1740. The molecule has 0 spiro atoms. The minimum atomic E-state index is -3.56. The Morgan fingerprint density at radius 1 is 0.605 bits per heavy atom. The minimum absolute atomic E-state index is 0.585. The number of rotatable bonds is 4. The molecule has 2 aliphatic rings. The molecule has 5 aromatic rings. The Balaban J connectivity index is 1.17. The molecule has 0 amide bonds. The van der Waals surface area contributed by atoms with Crippen LogP contribution in [0.1, 0.15) is 0 Å². The molecule has 0 aromatic heterocycles. The summed E-state index contributed by atoms with van der Waals surface area (Å²) in [7, 11) is -7.00. The second-order valence-electron chi connectivity index (χ2n) is 9.26. The summed E-state index contributed by atoms with van der Waals surface area (Å²) in [4.78, 5) is 11.7. The zero-order valence-electron chi connectivity index (χ0n) is 20.2. The molecule has 0 saturated carbocycles. The molecule has 0 saturated heterocycles. The van der Waals surface area contributed by atoms with Gasteiger partial charge in [0.2, 0.25) is 0 Å². The van der Waals surface area contributed by atoms with Gasteiger partial charge in [0.1, 0.15) is 0 Å². The average molecular weight is 538 g/mol. The van der Waals surface area contributed by atoms with Gasteiger partial charge >= 0.3 is 221 Å². The molecule has 7 rings (SSSR count). The van der Waals surface area contributed by atoms with Crippen LogP contribution in [0, 0.1) is 0 Å². The molecule has 6 nitrogen and oxygen atoms in total. The molecule has 0 radical (unpaired) electrons. The van der Waals surface area contributed by atoms with Crippen molar-refractivity contribution in [3.63, 3.8) is 0 Å². The maximum atomic E-state index is 14.1. The van der Waals surface area contributed by atoms with Gasteiger partial charge in [-0.2, -0.15) is 0 Å². The maximum absolute atomic E-state index is 14.1. The molecule has 1 unspecified atom stereocenters. The predicted molar refractivity (Wildman–Crippen MR) is 156 cm³/mol. The van der Waals surface area contributed by atoms with Crippen LogP contribution in [0.3, 0.4) is 0 Å². The molecule has 2 aliphatic heterocycles. The van der Waals surface area contributed by atoms with E-state index in [1.54, 1.807) is 0 Å². The molecule has 3 N–H and O–H groups in total. The Morgan fingerprint density at radius 3 is 1.92 bits per heavy atom. The number of benzene rings is 5. The van der Waals surface area contributed by atoms with E-state index in [1.165, 1.54) is 0 Å². The van der Waals surface area contributed by atoms with E-state index in [0.717, 1.165) is 27.6 Å². The topological polar surface area (TPSA) is 79.8 Å². The van der Waals surface area contributed by atoms with E-state index in [1.807, 2.05) is 121 Å². The van der Waals surface area contributed by atoms with Gasteiger partial charge in [-0.05, 0) is 0 Å². The van der Waals surface area contributed by atoms with E-state index >= 15 is 0 Å². The summed E-state index contributed by atoms with van der Waals surface area (Å²) in [5, 5.41) is 7.81. The van der Waals surface area contributed by atoms with Crippen molar-refractivity contribution in [2.75, 3.05) is 10.2 Å². The van der Waals surface area contributed by atoms with E-state index in [-0.39, 0.29) is 0 Å². The Kier molecular flexibility index (Phi) is 5.31. The summed E-state index contributed by atoms with van der Waals surface area (Å²) in [6.07, 6.45) is 0. The van der Waals surface area contributed by atoms with Crippen molar-refractivity contribution in [1.82, 2.24) is 0 Å². The van der Waals surface area contributed by atoms with Gasteiger partial charge in [-0.25, -0.2) is 0 Å². The number of nitrogens with one attached hydrogen (secondary N) is 2. The number of hydrogen-bond donors (Lipinski definition) is 3. The van der Waals surface area contributed by atoms with Gasteiger partial charge < -0.3 is 0 Å². The second kappa shape index (κ2) is 8.75. The normalized spacial score (nSPS) is 18.8. The van der Waals surface area contributed by atoms with Crippen LogP contribution in [0.15, 0.2) is 121 Å². The molecule has 188 valence electrons. The van der Waals surface area contributed by atoms with Crippen LogP contribution in [0.2, 0.25) is 0 Å². The summed E-state index contributed by atoms with van der Waals surface area (Å²) in [6, 6.07) is 38.0. The van der Waals surface area contributed by atoms with Crippen LogP contribution >= 0.6 is 15.4 Å². The Morgan fingerprint density at radius 2 is 1.16 bits per heavy atom. The van der Waals surface area contributed by atoms with Crippen molar-refractivity contribution in [3.05, 3.63) is 121 Å². The summed E-state index contributed by atoms with van der Waals surface area (Å²) in [5.41, 5.74) is 5.06. The third-order valence-electron chi connectivity index (χ3n) is 6.83. The molecule has 8 heteroatoms. The summed E-state index contributed by atoms with van der Waals surface area (Å²) < 4.78 is 26.4. The average Bonchev–Trinajstić information content (AvgIpc) is 2.94. The number of hydrogen-bond acceptors (Lipinski definition) is 5. The van der Waals surface area contributed by atoms with Crippen LogP contribution in [-0.4, -0.2) is 4.89 Å². The van der Waals surface area contributed by atoms with Crippen molar-refractivity contribution in [2.24, 2.45) is 0 Å². The molecular weight excluding hydrogens is 514 g/mol. The van der Waals surface area contributed by atoms with Crippen LogP contribution in [0.5, 0.6) is 11.5 Å². The molecule has 0 fully saturated rings. The number of para-hydroxylation sites is 2.